The van der Waals surface area contributed by atoms with Crippen molar-refractivity contribution in [2.45, 2.75) is 57.2 Å². The van der Waals surface area contributed by atoms with Gasteiger partial charge in [0.05, 0.1) is 11.3 Å². The Morgan fingerprint density at radius 2 is 1.85 bits per heavy atom. The number of hydrogen-bond acceptors (Lipinski definition) is 6. The lowest BCUT2D eigenvalue weighted by atomic mass is 9.86. The van der Waals surface area contributed by atoms with Crippen molar-refractivity contribution in [3.05, 3.63) is 65.9 Å². The number of nitrogens with zero attached hydrogens (tertiary/aromatic N) is 4. The van der Waals surface area contributed by atoms with Crippen molar-refractivity contribution in [2.24, 2.45) is 10.9 Å². The summed E-state index contributed by atoms with van der Waals surface area (Å²) < 4.78 is 47.8. The van der Waals surface area contributed by atoms with Crippen LogP contribution in [-0.4, -0.2) is 42.7 Å². The Hall–Kier alpha value is -3.93. The van der Waals surface area contributed by atoms with Crippen LogP contribution in [0.15, 0.2) is 64.2 Å². The molecule has 2 amide bonds. The average molecular weight is 573 g/mol. The molecule has 0 aliphatic heterocycles. The maximum absolute atomic E-state index is 13.6. The van der Waals surface area contributed by atoms with E-state index in [1.165, 1.54) is 6.07 Å². The highest BCUT2D eigenvalue weighted by molar-refractivity contribution is 5.99. The molecule has 0 spiro atoms. The highest BCUT2D eigenvalue weighted by Crippen LogP contribution is 2.35. The van der Waals surface area contributed by atoms with Gasteiger partial charge in [-0.3, -0.25) is 14.8 Å². The normalized spacial score (nSPS) is 18.8. The van der Waals surface area contributed by atoms with Gasteiger partial charge >= 0.3 is 18.1 Å². The van der Waals surface area contributed by atoms with Crippen LogP contribution < -0.4 is 20.4 Å². The topological polar surface area (TPSA) is 110 Å². The molecule has 2 aromatic carbocycles. The predicted molar refractivity (Wildman–Crippen MR) is 147 cm³/mol. The van der Waals surface area contributed by atoms with Gasteiger partial charge < -0.3 is 15.3 Å². The first-order valence-corrected chi connectivity index (χ1v) is 13.7. The first-order chi connectivity index (χ1) is 19.5. The molecular weight excluding hydrogens is 537 g/mol. The minimum Gasteiger partial charge on any atom is -0.861 e. The van der Waals surface area contributed by atoms with Gasteiger partial charge in [0.15, 0.2) is 6.04 Å². The SMILES string of the molecule is CCC(C([O-])=Nc1cc(NC(=O)Nc2c[n+](C3CCC(CN(C)C)CC3)no2)cc(C(F)(F)F)c1)c1ccccc1. The molecular formula is C29H35F3N6O3. The van der Waals surface area contributed by atoms with Crippen molar-refractivity contribution < 1.29 is 32.3 Å². The molecule has 1 fully saturated rings. The lowest BCUT2D eigenvalue weighted by Crippen LogP contribution is -2.43. The molecule has 1 atom stereocenters. The fourth-order valence-corrected chi connectivity index (χ4v) is 5.22. The van der Waals surface area contributed by atoms with Crippen LogP contribution in [0.5, 0.6) is 0 Å². The molecule has 1 heterocycles. The second-order valence-corrected chi connectivity index (χ2v) is 10.7. The summed E-state index contributed by atoms with van der Waals surface area (Å²) in [4.78, 5) is 18.8. The third-order valence-electron chi connectivity index (χ3n) is 7.18. The van der Waals surface area contributed by atoms with E-state index in [0.29, 0.717) is 12.3 Å². The molecule has 1 unspecified atom stereocenters. The molecule has 220 valence electrons. The van der Waals surface area contributed by atoms with Crippen LogP contribution in [0.1, 0.15) is 62.1 Å². The van der Waals surface area contributed by atoms with E-state index in [4.69, 9.17) is 4.52 Å². The van der Waals surface area contributed by atoms with E-state index in [9.17, 15) is 23.1 Å². The molecule has 1 aromatic heterocycles. The van der Waals surface area contributed by atoms with Gasteiger partial charge in [-0.05, 0) is 73.6 Å². The van der Waals surface area contributed by atoms with Crippen molar-refractivity contribution in [1.29, 1.82) is 0 Å². The molecule has 1 aliphatic carbocycles. The average Bonchev–Trinajstić information content (AvgIpc) is 3.37. The van der Waals surface area contributed by atoms with Gasteiger partial charge in [-0.1, -0.05) is 37.3 Å². The number of anilines is 2. The summed E-state index contributed by atoms with van der Waals surface area (Å²) in [5.74, 6) is -0.497. The van der Waals surface area contributed by atoms with E-state index in [1.54, 1.807) is 42.1 Å². The number of benzene rings is 2. The summed E-state index contributed by atoms with van der Waals surface area (Å²) in [6.45, 7) is 2.84. The smallest absolute Gasteiger partial charge is 0.416 e. The van der Waals surface area contributed by atoms with Gasteiger partial charge in [-0.2, -0.15) is 13.2 Å². The lowest BCUT2D eigenvalue weighted by Gasteiger charge is -2.26. The van der Waals surface area contributed by atoms with Gasteiger partial charge in [0.1, 0.15) is 0 Å². The number of aliphatic imine (C=N–C) groups is 1. The Morgan fingerprint density at radius 1 is 1.15 bits per heavy atom. The van der Waals surface area contributed by atoms with Gasteiger partial charge in [-0.25, -0.2) is 4.79 Å². The molecule has 1 aliphatic rings. The fourth-order valence-electron chi connectivity index (χ4n) is 5.22. The van der Waals surface area contributed by atoms with Crippen LogP contribution in [0, 0.1) is 5.92 Å². The number of carbonyl (C=O) groups is 1. The third kappa shape index (κ3) is 8.29. The van der Waals surface area contributed by atoms with Crippen LogP contribution in [0.3, 0.4) is 0 Å². The number of hydrogen-bond donors (Lipinski definition) is 2. The predicted octanol–water partition coefficient (Wildman–Crippen LogP) is 5.50. The largest absolute Gasteiger partial charge is 0.861 e. The molecule has 0 saturated heterocycles. The molecule has 41 heavy (non-hydrogen) atoms. The summed E-state index contributed by atoms with van der Waals surface area (Å²) >= 11 is 0. The number of rotatable bonds is 9. The highest BCUT2D eigenvalue weighted by Gasteiger charge is 2.32. The molecule has 2 N–H and O–H groups in total. The summed E-state index contributed by atoms with van der Waals surface area (Å²) in [5, 5.41) is 21.8. The van der Waals surface area contributed by atoms with Crippen LogP contribution in [-0.2, 0) is 6.18 Å². The van der Waals surface area contributed by atoms with Crippen LogP contribution in [0.4, 0.5) is 35.2 Å². The monoisotopic (exact) mass is 572 g/mol. The first kappa shape index (κ1) is 30.0. The first-order valence-electron chi connectivity index (χ1n) is 13.7. The Bertz CT molecular complexity index is 1340. The number of alkyl halides is 3. The van der Waals surface area contributed by atoms with Crippen molar-refractivity contribution in [1.82, 2.24) is 10.2 Å². The van der Waals surface area contributed by atoms with Gasteiger partial charge in [0, 0.05) is 31.0 Å². The van der Waals surface area contributed by atoms with Gasteiger partial charge in [0.2, 0.25) is 5.27 Å². The quantitative estimate of drug-likeness (QED) is 0.200. The number of amides is 2. The summed E-state index contributed by atoms with van der Waals surface area (Å²) in [6, 6.07) is 11.0. The van der Waals surface area contributed by atoms with E-state index in [2.05, 4.69) is 39.9 Å². The van der Waals surface area contributed by atoms with Crippen molar-refractivity contribution >= 4 is 29.2 Å². The number of carbonyl (C=O) groups excluding carboxylic acids is 1. The zero-order valence-corrected chi connectivity index (χ0v) is 23.3. The maximum Gasteiger partial charge on any atom is 0.416 e. The lowest BCUT2D eigenvalue weighted by molar-refractivity contribution is -0.787. The van der Waals surface area contributed by atoms with Crippen LogP contribution in [0.25, 0.3) is 0 Å². The van der Waals surface area contributed by atoms with E-state index in [-0.39, 0.29) is 23.3 Å². The summed E-state index contributed by atoms with van der Waals surface area (Å²) in [6.07, 6.45) is 1.25. The second-order valence-electron chi connectivity index (χ2n) is 10.7. The minimum absolute atomic E-state index is 0.0543. The fraction of sp³-hybridized carbons (Fsp3) is 0.448. The maximum atomic E-state index is 13.6. The van der Waals surface area contributed by atoms with Gasteiger partial charge in [-0.15, -0.1) is 0 Å². The van der Waals surface area contributed by atoms with E-state index < -0.39 is 29.6 Å². The zero-order valence-electron chi connectivity index (χ0n) is 23.3. The molecule has 0 radical (unpaired) electrons. The van der Waals surface area contributed by atoms with E-state index in [0.717, 1.165) is 49.9 Å². The highest BCUT2D eigenvalue weighted by atomic mass is 19.4. The molecule has 9 nitrogen and oxygen atoms in total. The van der Waals surface area contributed by atoms with Crippen molar-refractivity contribution in [3.8, 4) is 0 Å². The molecule has 1 saturated carbocycles. The standard InChI is InChI=1S/C29H35F3N6O3/c1-4-25(20-8-6-5-7-9-20)27(39)33-22-14-21(29(30,31)32)15-23(16-22)34-28(40)35-26-18-38(36-41-26)24-12-10-19(11-13-24)17-37(2)3/h5-9,14-16,18-19,24-25H,4,10-13,17H2,1-3H3,(H2-,33,34,35,36,39,40). The molecule has 0 bridgehead atoms. The molecule has 4 rings (SSSR count). The van der Waals surface area contributed by atoms with E-state index in [1.807, 2.05) is 6.07 Å². The summed E-state index contributed by atoms with van der Waals surface area (Å²) in [7, 11) is 4.12. The number of urea groups is 1. The third-order valence-corrected chi connectivity index (χ3v) is 7.18. The zero-order chi connectivity index (χ0) is 29.6. The second kappa shape index (κ2) is 13.2. The molecule has 3 aromatic rings. The number of halogens is 3. The minimum atomic E-state index is -4.72. The Morgan fingerprint density at radius 3 is 2.49 bits per heavy atom. The summed E-state index contributed by atoms with van der Waals surface area (Å²) in [5.41, 5.74) is -0.712. The van der Waals surface area contributed by atoms with E-state index >= 15 is 0 Å². The van der Waals surface area contributed by atoms with Crippen LogP contribution >= 0.6 is 0 Å². The number of aromatic nitrogens is 2. The van der Waals surface area contributed by atoms with Crippen molar-refractivity contribution in [2.75, 3.05) is 31.3 Å². The Kier molecular flexibility index (Phi) is 9.64. The van der Waals surface area contributed by atoms with Crippen LogP contribution in [0.2, 0.25) is 0 Å². The Balaban J connectivity index is 1.45. The van der Waals surface area contributed by atoms with Gasteiger partial charge in [0.25, 0.3) is 6.20 Å². The molecule has 12 heteroatoms. The Labute approximate surface area is 237 Å². The number of nitrogens with one attached hydrogen (secondary N) is 2. The van der Waals surface area contributed by atoms with Crippen molar-refractivity contribution in [3.63, 3.8) is 0 Å².